The summed E-state index contributed by atoms with van der Waals surface area (Å²) in [6.07, 6.45) is -25.2. The first-order valence-electron chi connectivity index (χ1n) is 41.3. The first kappa shape index (κ1) is 109. The average molecular weight is 1810 g/mol. The zero-order chi connectivity index (χ0) is 89.8. The van der Waals surface area contributed by atoms with Gasteiger partial charge >= 0.3 is 32.7 Å². The summed E-state index contributed by atoms with van der Waals surface area (Å²) in [7, 11) is -10.4. The summed E-state index contributed by atoms with van der Waals surface area (Å²) in [4.78, 5) is 97.0. The van der Waals surface area contributed by atoms with Crippen molar-refractivity contribution in [1.82, 2.24) is 26.6 Å². The third-order valence-electron chi connectivity index (χ3n) is 19.4. The van der Waals surface area contributed by atoms with Crippen molar-refractivity contribution >= 4 is 68.1 Å². The van der Waals surface area contributed by atoms with Crippen LogP contribution in [0.4, 0.5) is 0 Å². The Morgan fingerprint density at radius 2 is 0.648 bits per heavy atom. The lowest BCUT2D eigenvalue weighted by molar-refractivity contribution is -0.376. The second-order valence-corrected chi connectivity index (χ2v) is 31.5. The zero-order valence-corrected chi connectivity index (χ0v) is 71.1. The second kappa shape index (κ2) is 62.1. The van der Waals surface area contributed by atoms with Crippen LogP contribution in [-0.2, 0) is 143 Å². The molecule has 0 aliphatic carbocycles. The molecule has 122 heavy (non-hydrogen) atoms. The van der Waals surface area contributed by atoms with Gasteiger partial charge in [0.15, 0.2) is 37.4 Å². The highest BCUT2D eigenvalue weighted by molar-refractivity contribution is 7.81. The number of carboxylic acids is 2. The summed E-state index contributed by atoms with van der Waals surface area (Å²) in [5, 5.41) is 112. The fraction of sp³-hybridized carbons (Fsp3) is 0.892. The molecule has 4 saturated heterocycles. The second-order valence-electron chi connectivity index (χ2n) is 29.3. The number of rotatable bonds is 70. The Labute approximate surface area is 709 Å². The maximum absolute atomic E-state index is 12.6. The molecule has 0 aromatic carbocycles. The normalized spacial score (nSPS) is 26.9. The summed E-state index contributed by atoms with van der Waals surface area (Å²) in [6, 6.07) is 0. The van der Waals surface area contributed by atoms with E-state index >= 15 is 0 Å². The summed E-state index contributed by atoms with van der Waals surface area (Å²) in [5.41, 5.74) is 0. The molecule has 16 N–H and O–H groups in total. The molecule has 20 atom stereocenters. The number of carboxylic acid groups (broad SMARTS) is 2. The minimum atomic E-state index is -5.32. The smallest absolute Gasteiger partial charge is 0.397 e. The molecule has 0 bridgehead atoms. The maximum atomic E-state index is 12.6. The van der Waals surface area contributed by atoms with Gasteiger partial charge in [0.2, 0.25) is 29.5 Å². The maximum Gasteiger partial charge on any atom is 0.397 e. The number of unbranched alkanes of at least 4 members (excludes halogenated alkanes) is 9. The van der Waals surface area contributed by atoms with Crippen LogP contribution in [0.2, 0.25) is 0 Å². The number of aliphatic carboxylic acids is 2. The predicted molar refractivity (Wildman–Crippen MR) is 416 cm³/mol. The lowest BCUT2D eigenvalue weighted by atomic mass is 9.91. The van der Waals surface area contributed by atoms with Crippen molar-refractivity contribution in [3.63, 3.8) is 0 Å². The zero-order valence-electron chi connectivity index (χ0n) is 69.4. The predicted octanol–water partition coefficient (Wildman–Crippen LogP) is -3.62. The van der Waals surface area contributed by atoms with E-state index in [1.54, 1.807) is 0 Å². The van der Waals surface area contributed by atoms with Gasteiger partial charge in [-0.15, -0.1) is 0 Å². The van der Waals surface area contributed by atoms with Crippen molar-refractivity contribution in [2.75, 3.05) is 158 Å². The van der Waals surface area contributed by atoms with Gasteiger partial charge in [-0.25, -0.2) is 18.0 Å². The Hall–Kier alpha value is -5.22. The van der Waals surface area contributed by atoms with Gasteiger partial charge in [0.1, 0.15) is 66.8 Å². The van der Waals surface area contributed by atoms with Crippen molar-refractivity contribution in [3.8, 4) is 0 Å². The summed E-state index contributed by atoms with van der Waals surface area (Å²) < 4.78 is 162. The molecule has 0 saturated carbocycles. The highest BCUT2D eigenvalue weighted by Gasteiger charge is 2.57. The number of ether oxygens (including phenoxy) is 16. The molecule has 0 spiro atoms. The van der Waals surface area contributed by atoms with Gasteiger partial charge in [0, 0.05) is 103 Å². The molecule has 4 aliphatic heterocycles. The monoisotopic (exact) mass is 1810 g/mol. The molecular formula is C74H131N5O41S2. The minimum Gasteiger partial charge on any atom is -0.479 e. The number of carbonyl (C=O) groups excluding carboxylic acids is 6. The van der Waals surface area contributed by atoms with E-state index in [-0.39, 0.29) is 81.0 Å². The number of hydrogen-bond donors (Lipinski definition) is 16. The van der Waals surface area contributed by atoms with Gasteiger partial charge in [-0.2, -0.15) is 16.8 Å². The Morgan fingerprint density at radius 3 is 1.09 bits per heavy atom. The standard InChI is InChI=1S/C74H131N5O41S2/c1-47(80)19-31-105-37-41-109-43-39-108-36-27-79-53(82)18-11-9-14-25-77-55(84)21-33-104-29-16-28-103-32-20-54(83)75-23-12-6-4-5-10-17-52(81)78-26-35-107-40-44-110-42-38-106-34-22-56(85)76-24-13-7-8-15-30-111-73-62(91)60(89)65(67(119-73)69(93)94)118-72-49(3)58(87)64(51(115-72)46-113-122(100,101)102)116-74-63(92)61(90)66(68(120-74)70(95)96)117-71-48(2)57(86)59(88)50(114-71)45-112-121(97,98)99/h48-51,57-68,71-74,86-92H,4-46H2,1-3H3,(H,75,83)(H,76,85)(H,77,84)(H,78,81)(H,79,82)(H,93,94)(H,95,96)(H,97,98,99)(H,100,101,102). The number of hydrogen-bond acceptors (Lipinski definition) is 37. The number of aliphatic hydroxyl groups excluding tert-OH is 7. The highest BCUT2D eigenvalue weighted by atomic mass is 32.3. The van der Waals surface area contributed by atoms with Crippen LogP contribution < -0.4 is 26.6 Å². The topological polar surface area (TPSA) is 654 Å². The van der Waals surface area contributed by atoms with E-state index in [2.05, 4.69) is 35.0 Å². The molecule has 48 heteroatoms. The summed E-state index contributed by atoms with van der Waals surface area (Å²) in [6.45, 7) is 9.22. The van der Waals surface area contributed by atoms with Gasteiger partial charge < -0.3 is 148 Å². The highest BCUT2D eigenvalue weighted by Crippen LogP contribution is 2.38. The van der Waals surface area contributed by atoms with Crippen LogP contribution in [0.25, 0.3) is 0 Å². The minimum absolute atomic E-state index is 0.0456. The van der Waals surface area contributed by atoms with Crippen molar-refractivity contribution in [1.29, 1.82) is 0 Å². The van der Waals surface area contributed by atoms with Gasteiger partial charge in [0.25, 0.3) is 0 Å². The Balaban J connectivity index is 0.932. The Kier molecular flexibility index (Phi) is 55.5. The quantitative estimate of drug-likeness (QED) is 0.0206. The van der Waals surface area contributed by atoms with E-state index < -0.39 is 168 Å². The molecule has 4 fully saturated rings. The number of Topliss-reactive ketones (excluding diaryl/α,β-unsaturated/α-hetero) is 1. The Morgan fingerprint density at radius 1 is 0.311 bits per heavy atom. The molecule has 4 rings (SSSR count). The SMILES string of the molecule is CC(=O)CCOCCOCCOCCNC(=O)CCCCCNC(=O)CCOCCCOCCC(=O)NCCCCCCCC(=O)NCCOCCOCCOCCC(=O)NCCCCCCOC1OC(C(=O)O)C(OC2OC(COS(=O)(=O)O)C(OC3OC(C(=O)O)C(OC4OC(COS(=O)(=O)O)C(O)C(O)C4C)C(O)C3O)C(O)C2C)C(O)C1O. The van der Waals surface area contributed by atoms with Crippen LogP contribution in [-0.4, -0.2) is 388 Å². The molecule has 46 nitrogen and oxygen atoms in total. The van der Waals surface area contributed by atoms with E-state index in [0.29, 0.717) is 176 Å². The summed E-state index contributed by atoms with van der Waals surface area (Å²) >= 11 is 0. The van der Waals surface area contributed by atoms with E-state index in [4.69, 9.17) is 80.3 Å². The number of nitrogens with one attached hydrogen (secondary N) is 5. The molecule has 4 aliphatic rings. The molecule has 20 unspecified atom stereocenters. The lowest BCUT2D eigenvalue weighted by Crippen LogP contribution is -2.66. The fourth-order valence-electron chi connectivity index (χ4n) is 12.5. The Bertz CT molecular complexity index is 3200. The van der Waals surface area contributed by atoms with Crippen molar-refractivity contribution in [3.05, 3.63) is 0 Å². The van der Waals surface area contributed by atoms with Crippen LogP contribution in [0.1, 0.15) is 143 Å². The van der Waals surface area contributed by atoms with E-state index in [0.717, 1.165) is 44.9 Å². The average Bonchev–Trinajstić information content (AvgIpc) is 0.765. The number of amides is 5. The van der Waals surface area contributed by atoms with Crippen LogP contribution in [0.5, 0.6) is 0 Å². The van der Waals surface area contributed by atoms with Crippen LogP contribution in [0, 0.1) is 11.8 Å². The van der Waals surface area contributed by atoms with Gasteiger partial charge in [0.05, 0.1) is 118 Å². The molecule has 0 aromatic heterocycles. The lowest BCUT2D eigenvalue weighted by Gasteiger charge is -2.49. The molecule has 710 valence electrons. The van der Waals surface area contributed by atoms with Gasteiger partial charge in [-0.05, 0) is 51.9 Å². The third-order valence-corrected chi connectivity index (χ3v) is 20.3. The number of carbonyl (C=O) groups is 8. The van der Waals surface area contributed by atoms with Crippen LogP contribution in [0.3, 0.4) is 0 Å². The molecular weight excluding hydrogens is 1680 g/mol. The first-order chi connectivity index (χ1) is 58.2. The van der Waals surface area contributed by atoms with Crippen molar-refractivity contribution in [2.45, 2.75) is 253 Å². The molecule has 0 aromatic rings. The fourth-order valence-corrected chi connectivity index (χ4v) is 13.1. The number of ketones is 1. The largest absolute Gasteiger partial charge is 0.479 e. The molecule has 4 heterocycles. The summed E-state index contributed by atoms with van der Waals surface area (Å²) in [5.74, 6) is -6.76. The van der Waals surface area contributed by atoms with E-state index in [1.807, 2.05) is 0 Å². The van der Waals surface area contributed by atoms with Crippen molar-refractivity contribution < 1.29 is 194 Å². The first-order valence-corrected chi connectivity index (χ1v) is 44.0. The third kappa shape index (κ3) is 46.0. The van der Waals surface area contributed by atoms with Crippen molar-refractivity contribution in [2.24, 2.45) is 11.8 Å². The molecule has 0 radical (unpaired) electrons. The van der Waals surface area contributed by atoms with Gasteiger partial charge in [-0.1, -0.05) is 52.4 Å². The molecule has 5 amide bonds. The van der Waals surface area contributed by atoms with Gasteiger partial charge in [-0.3, -0.25) is 37.9 Å². The van der Waals surface area contributed by atoms with Crippen LogP contribution in [0.15, 0.2) is 0 Å². The van der Waals surface area contributed by atoms with Crippen LogP contribution >= 0.6 is 0 Å². The van der Waals surface area contributed by atoms with E-state index in [9.17, 15) is 106 Å². The number of aliphatic hydroxyl groups is 7. The van der Waals surface area contributed by atoms with E-state index in [1.165, 1.54) is 20.8 Å².